The van der Waals surface area contributed by atoms with Gasteiger partial charge in [0, 0.05) is 0 Å². The van der Waals surface area contributed by atoms with E-state index in [1.807, 2.05) is 20.0 Å². The first-order chi connectivity index (χ1) is 13.7. The van der Waals surface area contributed by atoms with Crippen LogP contribution in [0, 0.1) is 0 Å². The van der Waals surface area contributed by atoms with E-state index in [0.29, 0.717) is 0 Å². The van der Waals surface area contributed by atoms with Gasteiger partial charge in [-0.3, -0.25) is 0 Å². The molecule has 0 aromatic carbocycles. The van der Waals surface area contributed by atoms with Crippen molar-refractivity contribution in [1.82, 2.24) is 0 Å². The van der Waals surface area contributed by atoms with Crippen LogP contribution in [-0.4, -0.2) is 83.0 Å². The molecular weight excluding hydrogens is 507 g/mol. The van der Waals surface area contributed by atoms with Crippen molar-refractivity contribution in [2.75, 3.05) is 18.1 Å². The molecule has 0 radical (unpaired) electrons. The van der Waals surface area contributed by atoms with Crippen LogP contribution >= 0.6 is 30.1 Å². The van der Waals surface area contributed by atoms with E-state index >= 15 is 0 Å². The van der Waals surface area contributed by atoms with Crippen molar-refractivity contribution in [2.45, 2.75) is 57.5 Å². The summed E-state index contributed by atoms with van der Waals surface area (Å²) in [6.45, 7) is 4.72. The van der Waals surface area contributed by atoms with Crippen LogP contribution in [0.25, 0.3) is 0 Å². The number of carbonyl (C=O) groups excluding carboxylic acids is 4. The second-order valence-electron chi connectivity index (χ2n) is 6.06. The molecule has 0 unspecified atom stereocenters. The number of carbonyl (C=O) groups is 4. The monoisotopic (exact) mass is 530 g/mol. The van der Waals surface area contributed by atoms with E-state index in [1.54, 1.807) is 10.0 Å². The first-order valence-electron chi connectivity index (χ1n) is 8.70. The summed E-state index contributed by atoms with van der Waals surface area (Å²) in [4.78, 5) is 46.5. The van der Waals surface area contributed by atoms with Crippen molar-refractivity contribution in [3.8, 4) is 0 Å². The molecule has 0 N–H and O–H groups in total. The van der Waals surface area contributed by atoms with Gasteiger partial charge in [-0.25, -0.2) is 0 Å². The predicted octanol–water partition coefficient (Wildman–Crippen LogP) is 1.27. The second kappa shape index (κ2) is 11.7. The van der Waals surface area contributed by atoms with Crippen molar-refractivity contribution in [2.24, 2.45) is 0 Å². The first-order valence-corrected chi connectivity index (χ1v) is 18.3. The fourth-order valence-electron chi connectivity index (χ4n) is 2.68. The summed E-state index contributed by atoms with van der Waals surface area (Å²) in [6.07, 6.45) is -4.01. The van der Waals surface area contributed by atoms with E-state index in [4.69, 9.17) is 23.7 Å². The number of rotatable bonds is 7. The van der Waals surface area contributed by atoms with Gasteiger partial charge in [0.1, 0.15) is 0 Å². The standard InChI is InChI=1S/C16H23AsO9S3/c1-8(18)22-7-12-13(23-9(2)19)14(24-10(3)20)15(25-11(4)21)16(26-12)29-17-27-5-6-28-17/h12-16H,5-7H2,1-4H3/t12-,13-,14+,15-,16+/m1/s1. The Hall–Kier alpha value is -0.552. The third-order valence-corrected chi connectivity index (χ3v) is 22.4. The zero-order valence-electron chi connectivity index (χ0n) is 16.4. The normalized spacial score (nSPS) is 29.7. The molecule has 29 heavy (non-hydrogen) atoms. The average Bonchev–Trinajstić information content (AvgIpc) is 3.10. The van der Waals surface area contributed by atoms with E-state index < -0.39 is 64.9 Å². The molecule has 9 nitrogen and oxygen atoms in total. The molecule has 0 aromatic rings. The van der Waals surface area contributed by atoms with Crippen molar-refractivity contribution >= 4 is 65.1 Å². The average molecular weight is 530 g/mol. The first kappa shape index (κ1) is 24.7. The molecular formula is C16H23AsO9S3. The van der Waals surface area contributed by atoms with Crippen LogP contribution in [0.1, 0.15) is 27.7 Å². The Morgan fingerprint density at radius 3 is 1.90 bits per heavy atom. The van der Waals surface area contributed by atoms with Crippen LogP contribution in [0.2, 0.25) is 0 Å². The molecule has 0 aromatic heterocycles. The van der Waals surface area contributed by atoms with Gasteiger partial charge in [-0.1, -0.05) is 0 Å². The molecule has 2 saturated heterocycles. The summed E-state index contributed by atoms with van der Waals surface area (Å²) in [5.74, 6) is -0.263. The van der Waals surface area contributed by atoms with E-state index in [2.05, 4.69) is 0 Å². The van der Waals surface area contributed by atoms with Gasteiger partial charge < -0.3 is 0 Å². The molecule has 0 bridgehead atoms. The van der Waals surface area contributed by atoms with Gasteiger partial charge >= 0.3 is 184 Å². The number of esters is 4. The van der Waals surface area contributed by atoms with Gasteiger partial charge in [-0.15, -0.1) is 0 Å². The molecule has 0 aliphatic carbocycles. The molecule has 0 saturated carbocycles. The topological polar surface area (TPSA) is 114 Å². The summed E-state index contributed by atoms with van der Waals surface area (Å²) in [5.41, 5.74) is -0.645. The molecule has 164 valence electrons. The Morgan fingerprint density at radius 1 is 0.862 bits per heavy atom. The van der Waals surface area contributed by atoms with Crippen molar-refractivity contribution in [3.63, 3.8) is 0 Å². The van der Waals surface area contributed by atoms with Crippen LogP contribution in [0.15, 0.2) is 0 Å². The van der Waals surface area contributed by atoms with Crippen LogP contribution in [0.4, 0.5) is 0 Å². The van der Waals surface area contributed by atoms with Crippen molar-refractivity contribution in [1.29, 1.82) is 0 Å². The van der Waals surface area contributed by atoms with E-state index in [1.165, 1.54) is 27.7 Å². The van der Waals surface area contributed by atoms with Crippen LogP contribution in [0.5, 0.6) is 0 Å². The molecule has 2 aliphatic rings. The molecule has 2 aliphatic heterocycles. The van der Waals surface area contributed by atoms with Gasteiger partial charge in [-0.2, -0.15) is 0 Å². The molecule has 2 heterocycles. The third-order valence-electron chi connectivity index (χ3n) is 3.61. The van der Waals surface area contributed by atoms with Gasteiger partial charge in [0.05, 0.1) is 0 Å². The van der Waals surface area contributed by atoms with E-state index in [0.717, 1.165) is 11.5 Å². The molecule has 5 atom stereocenters. The summed E-state index contributed by atoms with van der Waals surface area (Å²) in [7, 11) is 5.32. The van der Waals surface area contributed by atoms with Crippen LogP contribution in [0.3, 0.4) is 0 Å². The number of hydrogen-bond acceptors (Lipinski definition) is 12. The van der Waals surface area contributed by atoms with Crippen LogP contribution in [-0.2, 0) is 42.9 Å². The molecule has 2 fully saturated rings. The maximum atomic E-state index is 11.8. The molecule has 13 heteroatoms. The summed E-state index contributed by atoms with van der Waals surface area (Å²) >= 11 is -1.41. The zero-order chi connectivity index (χ0) is 21.6. The minimum atomic E-state index is -1.41. The SMILES string of the molecule is CC(=O)OC[C@H]1O[C@@H](S[As]2SCCS2)[C@H](OC(C)=O)[C@@H](OC(C)=O)[C@@H]1OC(C)=O. The summed E-state index contributed by atoms with van der Waals surface area (Å²) in [6, 6.07) is 0. The van der Waals surface area contributed by atoms with Crippen molar-refractivity contribution in [3.05, 3.63) is 0 Å². The summed E-state index contributed by atoms with van der Waals surface area (Å²) in [5, 5.41) is 0. The summed E-state index contributed by atoms with van der Waals surface area (Å²) < 4.78 is 27.4. The second-order valence-corrected chi connectivity index (χ2v) is 22.9. The maximum absolute atomic E-state index is 11.8. The zero-order valence-corrected chi connectivity index (χ0v) is 20.7. The Bertz CT molecular complexity index is 629. The number of hydrogen-bond donors (Lipinski definition) is 0. The minimum absolute atomic E-state index is 0.192. The van der Waals surface area contributed by atoms with Gasteiger partial charge in [0.15, 0.2) is 0 Å². The third kappa shape index (κ3) is 7.90. The Labute approximate surface area is 183 Å². The molecule has 0 amide bonds. The molecule has 0 spiro atoms. The van der Waals surface area contributed by atoms with Gasteiger partial charge in [-0.05, 0) is 0 Å². The van der Waals surface area contributed by atoms with Gasteiger partial charge in [0.2, 0.25) is 0 Å². The number of ether oxygens (including phenoxy) is 5. The molecule has 2 rings (SSSR count). The Kier molecular flexibility index (Phi) is 10.0. The fourth-order valence-corrected chi connectivity index (χ4v) is 22.9. The quantitative estimate of drug-likeness (QED) is 0.268. The van der Waals surface area contributed by atoms with E-state index in [9.17, 15) is 19.2 Å². The fraction of sp³-hybridized carbons (Fsp3) is 0.750. The van der Waals surface area contributed by atoms with E-state index in [-0.39, 0.29) is 6.61 Å². The van der Waals surface area contributed by atoms with Crippen molar-refractivity contribution < 1.29 is 42.9 Å². The predicted molar refractivity (Wildman–Crippen MR) is 110 cm³/mol. The Balaban J connectivity index is 2.34. The van der Waals surface area contributed by atoms with Gasteiger partial charge in [0.25, 0.3) is 0 Å². The van der Waals surface area contributed by atoms with Crippen LogP contribution < -0.4 is 0 Å². The Morgan fingerprint density at radius 2 is 1.38 bits per heavy atom.